The SMILES string of the molecule is C=C1COC(=O)/C1=N/O.COC(=O)c1c(CO)no[n+]1[O-]. The fraction of sp³-hybridized carbons (Fsp3) is 0.300. The molecule has 0 atom stereocenters. The number of cyclic esters (lactones) is 1. The van der Waals surface area contributed by atoms with Crippen LogP contribution in [0.15, 0.2) is 21.9 Å². The van der Waals surface area contributed by atoms with Crippen molar-refractivity contribution >= 4 is 17.7 Å². The van der Waals surface area contributed by atoms with E-state index in [1.807, 2.05) is 0 Å². The van der Waals surface area contributed by atoms with Crippen molar-refractivity contribution in [2.45, 2.75) is 6.61 Å². The summed E-state index contributed by atoms with van der Waals surface area (Å²) >= 11 is 0. The average molecular weight is 301 g/mol. The van der Waals surface area contributed by atoms with E-state index < -0.39 is 24.2 Å². The molecule has 11 nitrogen and oxygen atoms in total. The van der Waals surface area contributed by atoms with E-state index in [4.69, 9.17) is 10.3 Å². The second kappa shape index (κ2) is 7.00. The maximum absolute atomic E-state index is 10.8. The molecule has 1 aliphatic rings. The van der Waals surface area contributed by atoms with Crippen molar-refractivity contribution in [2.75, 3.05) is 13.7 Å². The molecule has 0 aliphatic carbocycles. The minimum atomic E-state index is -0.893. The van der Waals surface area contributed by atoms with Crippen LogP contribution in [-0.2, 0) is 20.9 Å². The van der Waals surface area contributed by atoms with Gasteiger partial charge in [0.15, 0.2) is 5.71 Å². The molecule has 1 aromatic rings. The Morgan fingerprint density at radius 2 is 2.33 bits per heavy atom. The molecule has 0 bridgehead atoms. The van der Waals surface area contributed by atoms with Gasteiger partial charge in [-0.25, -0.2) is 9.59 Å². The number of hydrogen-bond acceptors (Lipinski definition) is 10. The van der Waals surface area contributed by atoms with Gasteiger partial charge in [-0.15, -0.1) is 0 Å². The van der Waals surface area contributed by atoms with Crippen LogP contribution < -0.4 is 4.90 Å². The number of oxime groups is 1. The number of carbonyl (C=O) groups excluding carboxylic acids is 2. The number of esters is 2. The van der Waals surface area contributed by atoms with Gasteiger partial charge in [0, 0.05) is 10.7 Å². The maximum atomic E-state index is 10.8. The molecule has 0 unspecified atom stereocenters. The normalized spacial score (nSPS) is 15.4. The number of aromatic nitrogens is 2. The first-order valence-electron chi connectivity index (χ1n) is 5.31. The van der Waals surface area contributed by atoms with E-state index >= 15 is 0 Å². The number of aliphatic hydroxyl groups excluding tert-OH is 1. The summed E-state index contributed by atoms with van der Waals surface area (Å²) in [6, 6.07) is 0. The van der Waals surface area contributed by atoms with Crippen molar-refractivity contribution in [1.29, 1.82) is 0 Å². The third-order valence-electron chi connectivity index (χ3n) is 2.22. The van der Waals surface area contributed by atoms with Gasteiger partial charge in [-0.2, -0.15) is 0 Å². The van der Waals surface area contributed by atoms with E-state index in [-0.39, 0.29) is 22.9 Å². The molecule has 2 rings (SSSR count). The molecule has 0 saturated carbocycles. The van der Waals surface area contributed by atoms with Crippen molar-refractivity contribution in [3.63, 3.8) is 0 Å². The van der Waals surface area contributed by atoms with Gasteiger partial charge in [-0.1, -0.05) is 11.7 Å². The van der Waals surface area contributed by atoms with Crippen LogP contribution in [0.2, 0.25) is 0 Å². The van der Waals surface area contributed by atoms with Gasteiger partial charge in [-0.3, -0.25) is 4.63 Å². The molecule has 1 fully saturated rings. The second-order valence-corrected chi connectivity index (χ2v) is 3.50. The Kier molecular flexibility index (Phi) is 5.37. The summed E-state index contributed by atoms with van der Waals surface area (Å²) in [6.07, 6.45) is 0. The average Bonchev–Trinajstić information content (AvgIpc) is 3.01. The zero-order valence-corrected chi connectivity index (χ0v) is 10.8. The van der Waals surface area contributed by atoms with E-state index in [1.54, 1.807) is 0 Å². The van der Waals surface area contributed by atoms with Crippen LogP contribution >= 0.6 is 0 Å². The van der Waals surface area contributed by atoms with Crippen LogP contribution in [0.1, 0.15) is 16.2 Å². The summed E-state index contributed by atoms with van der Waals surface area (Å²) < 4.78 is 12.7. The van der Waals surface area contributed by atoms with Crippen LogP contribution in [0.4, 0.5) is 0 Å². The molecule has 0 radical (unpaired) electrons. The Balaban J connectivity index is 0.000000219. The molecule has 114 valence electrons. The highest BCUT2D eigenvalue weighted by Crippen LogP contribution is 2.06. The Labute approximate surface area is 117 Å². The smallest absolute Gasteiger partial charge is 0.387 e. The van der Waals surface area contributed by atoms with E-state index in [2.05, 4.69) is 31.0 Å². The van der Waals surface area contributed by atoms with E-state index in [0.717, 1.165) is 7.11 Å². The highest BCUT2D eigenvalue weighted by atomic mass is 16.8. The number of hydrogen-bond donors (Lipinski definition) is 2. The summed E-state index contributed by atoms with van der Waals surface area (Å²) in [7, 11) is 1.11. The minimum absolute atomic E-state index is 0.0741. The summed E-state index contributed by atoms with van der Waals surface area (Å²) in [6.45, 7) is 3.00. The van der Waals surface area contributed by atoms with Gasteiger partial charge in [0.1, 0.15) is 13.2 Å². The molecule has 0 amide bonds. The van der Waals surface area contributed by atoms with Crippen molar-refractivity contribution in [2.24, 2.45) is 5.16 Å². The van der Waals surface area contributed by atoms with Gasteiger partial charge in [0.2, 0.25) is 0 Å². The van der Waals surface area contributed by atoms with Gasteiger partial charge in [0.05, 0.1) is 7.11 Å². The van der Waals surface area contributed by atoms with Crippen LogP contribution in [0, 0.1) is 5.21 Å². The van der Waals surface area contributed by atoms with Crippen molar-refractivity contribution < 1.29 is 38.9 Å². The quantitative estimate of drug-likeness (QED) is 0.287. The van der Waals surface area contributed by atoms with E-state index in [9.17, 15) is 14.8 Å². The summed E-state index contributed by atoms with van der Waals surface area (Å²) in [5.74, 6) is -1.50. The molecule has 2 heterocycles. The van der Waals surface area contributed by atoms with Gasteiger partial charge >= 0.3 is 17.6 Å². The first-order chi connectivity index (χ1) is 9.96. The molecular formula is C10H11N3O8. The third kappa shape index (κ3) is 3.54. The van der Waals surface area contributed by atoms with Gasteiger partial charge in [-0.05, 0) is 4.90 Å². The Morgan fingerprint density at radius 1 is 1.67 bits per heavy atom. The molecule has 11 heteroatoms. The topological polar surface area (TPSA) is 158 Å². The van der Waals surface area contributed by atoms with Crippen LogP contribution in [-0.4, -0.2) is 46.8 Å². The van der Waals surface area contributed by atoms with Crippen molar-refractivity contribution in [3.8, 4) is 0 Å². The fourth-order valence-electron chi connectivity index (χ4n) is 1.21. The number of methoxy groups -OCH3 is 1. The van der Waals surface area contributed by atoms with Crippen molar-refractivity contribution in [1.82, 2.24) is 5.16 Å². The van der Waals surface area contributed by atoms with Crippen LogP contribution in [0.5, 0.6) is 0 Å². The molecule has 21 heavy (non-hydrogen) atoms. The van der Waals surface area contributed by atoms with Gasteiger partial charge in [0.25, 0.3) is 5.69 Å². The number of rotatable bonds is 2. The molecular weight excluding hydrogens is 290 g/mol. The Hall–Kier alpha value is -2.95. The zero-order valence-electron chi connectivity index (χ0n) is 10.8. The number of aliphatic hydroxyl groups is 1. The minimum Gasteiger partial charge on any atom is -0.463 e. The lowest BCUT2D eigenvalue weighted by atomic mass is 10.2. The third-order valence-corrected chi connectivity index (χ3v) is 2.22. The van der Waals surface area contributed by atoms with Gasteiger partial charge < -0.3 is 25.0 Å². The Bertz CT molecular complexity index is 573. The highest BCUT2D eigenvalue weighted by Gasteiger charge is 2.26. The molecule has 0 spiro atoms. The lowest BCUT2D eigenvalue weighted by Crippen LogP contribution is -2.32. The lowest BCUT2D eigenvalue weighted by Gasteiger charge is -1.93. The predicted molar refractivity (Wildman–Crippen MR) is 62.0 cm³/mol. The van der Waals surface area contributed by atoms with Crippen LogP contribution in [0.25, 0.3) is 0 Å². The molecule has 1 aliphatic heterocycles. The first kappa shape index (κ1) is 16.1. The van der Waals surface area contributed by atoms with Crippen LogP contribution in [0.3, 0.4) is 0 Å². The summed E-state index contributed by atoms with van der Waals surface area (Å²) in [5.41, 5.74) is -0.227. The molecule has 1 saturated heterocycles. The highest BCUT2D eigenvalue weighted by molar-refractivity contribution is 6.44. The standard InChI is InChI=1S/C5H6N2O5.C5H5NO3/c1-11-5(9)4-3(2-8)6-12-7(4)10;1-3-2-9-5(7)4(3)6-8/h8H,2H2,1H3;8H,1-2H2/b;6-4+. The monoisotopic (exact) mass is 301 g/mol. The maximum Gasteiger partial charge on any atom is 0.387 e. The molecule has 1 aromatic heterocycles. The predicted octanol–water partition coefficient (Wildman–Crippen LogP) is -1.48. The van der Waals surface area contributed by atoms with Crippen molar-refractivity contribution in [3.05, 3.63) is 28.7 Å². The first-order valence-corrected chi connectivity index (χ1v) is 5.31. The lowest BCUT2D eigenvalue weighted by molar-refractivity contribution is -0.804. The number of carbonyl (C=O) groups is 2. The molecule has 2 N–H and O–H groups in total. The Morgan fingerprint density at radius 3 is 2.71 bits per heavy atom. The largest absolute Gasteiger partial charge is 0.463 e. The summed E-state index contributed by atoms with van der Waals surface area (Å²) in [4.78, 5) is 21.1. The fourth-order valence-corrected chi connectivity index (χ4v) is 1.21. The van der Waals surface area contributed by atoms with E-state index in [1.165, 1.54) is 0 Å². The number of nitrogens with zero attached hydrogens (tertiary/aromatic N) is 3. The molecule has 0 aromatic carbocycles. The second-order valence-electron chi connectivity index (χ2n) is 3.50. The van der Waals surface area contributed by atoms with E-state index in [0.29, 0.717) is 5.57 Å². The number of ether oxygens (including phenoxy) is 2. The summed E-state index contributed by atoms with van der Waals surface area (Å²) in [5, 5.41) is 33.2. The zero-order chi connectivity index (χ0) is 16.0.